The molecule has 0 saturated carbocycles. The van der Waals surface area contributed by atoms with Crippen LogP contribution < -0.4 is 9.80 Å². The van der Waals surface area contributed by atoms with Crippen LogP contribution in [-0.4, -0.2) is 0 Å². The van der Waals surface area contributed by atoms with Crippen molar-refractivity contribution in [1.29, 1.82) is 0 Å². The van der Waals surface area contributed by atoms with Gasteiger partial charge in [-0.15, -0.1) is 0 Å². The molecule has 0 aliphatic carbocycles. The minimum Gasteiger partial charge on any atom is -0.311 e. The maximum Gasteiger partial charge on any atom is 0.192 e. The van der Waals surface area contributed by atoms with Gasteiger partial charge < -0.3 is 4.90 Å². The number of aryl methyl sites for hydroxylation is 4. The van der Waals surface area contributed by atoms with Crippen LogP contribution in [0.5, 0.6) is 0 Å². The van der Waals surface area contributed by atoms with Crippen molar-refractivity contribution in [2.24, 2.45) is 0 Å². The highest BCUT2D eigenvalue weighted by Gasteiger charge is 2.25. The largest absolute Gasteiger partial charge is 0.311 e. The first-order valence-electron chi connectivity index (χ1n) is 14.5. The first kappa shape index (κ1) is 27.3. The van der Waals surface area contributed by atoms with E-state index >= 15 is 0 Å². The molecule has 6 aromatic carbocycles. The van der Waals surface area contributed by atoms with E-state index in [2.05, 4.69) is 183 Å². The van der Waals surface area contributed by atoms with Crippen LogP contribution in [0.25, 0.3) is 11.1 Å². The van der Waals surface area contributed by atoms with Gasteiger partial charge >= 0.3 is 0 Å². The molecule has 2 nitrogen and oxygen atoms in total. The van der Waals surface area contributed by atoms with Gasteiger partial charge in [-0.2, -0.15) is 0 Å². The number of benzene rings is 6. The zero-order chi connectivity index (χ0) is 29.1. The molecule has 0 N–H and O–H groups in total. The second kappa shape index (κ2) is 11.9. The molecule has 2 heteroatoms. The van der Waals surface area contributed by atoms with Gasteiger partial charge in [-0.05, 0) is 87.4 Å². The Morgan fingerprint density at radius 3 is 0.881 bits per heavy atom. The topological polar surface area (TPSA) is 9.14 Å². The van der Waals surface area contributed by atoms with Crippen molar-refractivity contribution < 1.29 is 0 Å². The molecule has 6 aromatic rings. The third-order valence-corrected chi connectivity index (χ3v) is 7.75. The smallest absolute Gasteiger partial charge is 0.192 e. The van der Waals surface area contributed by atoms with E-state index in [1.54, 1.807) is 0 Å². The lowest BCUT2D eigenvalue weighted by atomic mass is 10.0. The molecule has 0 aliphatic heterocycles. The van der Waals surface area contributed by atoms with Gasteiger partial charge in [-0.3, -0.25) is 0 Å². The van der Waals surface area contributed by atoms with Crippen LogP contribution in [0.1, 0.15) is 22.3 Å². The van der Waals surface area contributed by atoms with Crippen LogP contribution in [0, 0.1) is 27.7 Å². The number of nitrogens with zero attached hydrogens (tertiary/aromatic N) is 2. The van der Waals surface area contributed by atoms with Gasteiger partial charge in [0.1, 0.15) is 0 Å². The summed E-state index contributed by atoms with van der Waals surface area (Å²) < 4.78 is 0. The predicted molar refractivity (Wildman–Crippen MR) is 180 cm³/mol. The van der Waals surface area contributed by atoms with Crippen LogP contribution >= 0.6 is 0 Å². The molecule has 0 bridgehead atoms. The van der Waals surface area contributed by atoms with Gasteiger partial charge in [-0.25, -0.2) is 0 Å². The van der Waals surface area contributed by atoms with Crippen LogP contribution in [0.15, 0.2) is 146 Å². The van der Waals surface area contributed by atoms with Crippen molar-refractivity contribution in [3.63, 3.8) is 0 Å². The molecule has 0 aromatic heterocycles. The van der Waals surface area contributed by atoms with E-state index in [4.69, 9.17) is 0 Å². The summed E-state index contributed by atoms with van der Waals surface area (Å²) >= 11 is 0. The molecule has 0 atom stereocenters. The summed E-state index contributed by atoms with van der Waals surface area (Å²) in [4.78, 5) is 4.62. The van der Waals surface area contributed by atoms with E-state index in [1.165, 1.54) is 33.4 Å². The fourth-order valence-corrected chi connectivity index (χ4v) is 5.28. The molecule has 0 aliphatic rings. The zero-order valence-electron chi connectivity index (χ0n) is 24.8. The van der Waals surface area contributed by atoms with Crippen molar-refractivity contribution in [3.8, 4) is 11.1 Å². The third kappa shape index (κ3) is 5.90. The number of hydrogen-bond acceptors (Lipinski definition) is 2. The quantitative estimate of drug-likeness (QED) is 0.182. The molecular formula is C40H36N2+. The fraction of sp³-hybridized carbons (Fsp3) is 0.100. The molecule has 0 heterocycles. The number of rotatable bonds is 7. The normalized spacial score (nSPS) is 11.1. The average molecular weight is 545 g/mol. The Labute approximate surface area is 250 Å². The minimum atomic E-state index is 1.13. The standard InChI is InChI=1S/C40H36N2/c1-29-5-17-35(18-6-29)41(36-19-7-30(2)8-20-36)39-25-13-33(14-26-39)34-15-27-40(28-16-34)42(37-21-9-31(3)10-22-37)38-23-11-32(4)12-24-38/h5-28H,1-4H3/q+1. The van der Waals surface area contributed by atoms with Gasteiger partial charge in [0.25, 0.3) is 0 Å². The Balaban J connectivity index is 1.31. The van der Waals surface area contributed by atoms with Gasteiger partial charge in [0.05, 0.1) is 0 Å². The van der Waals surface area contributed by atoms with Crippen LogP contribution in [0.3, 0.4) is 0 Å². The van der Waals surface area contributed by atoms with E-state index < -0.39 is 0 Å². The lowest BCUT2D eigenvalue weighted by molar-refractivity contribution is 0.929. The Bertz CT molecular complexity index is 1520. The molecule has 0 fully saturated rings. The fourth-order valence-electron chi connectivity index (χ4n) is 5.28. The monoisotopic (exact) mass is 544 g/mol. The second-order valence-corrected chi connectivity index (χ2v) is 11.1. The highest BCUT2D eigenvalue weighted by molar-refractivity contribution is 5.79. The van der Waals surface area contributed by atoms with Crippen molar-refractivity contribution in [1.82, 2.24) is 4.90 Å². The van der Waals surface area contributed by atoms with Gasteiger partial charge in [0.15, 0.2) is 17.1 Å². The summed E-state index contributed by atoms with van der Waals surface area (Å²) in [5.74, 6) is 0. The maximum absolute atomic E-state index is 2.31. The van der Waals surface area contributed by atoms with Gasteiger partial charge in [0, 0.05) is 53.5 Å². The van der Waals surface area contributed by atoms with Crippen molar-refractivity contribution >= 4 is 34.1 Å². The number of hydrogen-bond donors (Lipinski definition) is 0. The number of anilines is 6. The predicted octanol–water partition coefficient (Wildman–Crippen LogP) is 11.5. The second-order valence-electron chi connectivity index (χ2n) is 11.1. The highest BCUT2D eigenvalue weighted by Crippen LogP contribution is 2.38. The summed E-state index contributed by atoms with van der Waals surface area (Å²) in [7, 11) is 0. The molecule has 0 spiro atoms. The first-order valence-corrected chi connectivity index (χ1v) is 14.5. The lowest BCUT2D eigenvalue weighted by Crippen LogP contribution is -2.11. The van der Waals surface area contributed by atoms with E-state index in [1.807, 2.05) is 0 Å². The minimum absolute atomic E-state index is 1.13. The van der Waals surface area contributed by atoms with E-state index in [0.29, 0.717) is 0 Å². The Hall–Kier alpha value is -4.92. The van der Waals surface area contributed by atoms with Crippen LogP contribution in [0.4, 0.5) is 34.1 Å². The van der Waals surface area contributed by atoms with Gasteiger partial charge in [-0.1, -0.05) is 87.8 Å². The molecule has 42 heavy (non-hydrogen) atoms. The summed E-state index contributed by atoms with van der Waals surface area (Å²) in [6.07, 6.45) is 0. The molecular weight excluding hydrogens is 508 g/mol. The molecule has 0 saturated heterocycles. The molecule has 0 unspecified atom stereocenters. The SMILES string of the molecule is Cc1ccc(N(c2ccc(C)cc2)c2ccc(-c3ccc([N+](c4ccc(C)cc4)c4ccc(C)cc4)cc3)cc2)cc1. The third-order valence-electron chi connectivity index (χ3n) is 7.75. The van der Waals surface area contributed by atoms with Crippen molar-refractivity contribution in [2.75, 3.05) is 4.90 Å². The average Bonchev–Trinajstić information content (AvgIpc) is 3.02. The Kier molecular flexibility index (Phi) is 7.72. The van der Waals surface area contributed by atoms with E-state index in [9.17, 15) is 0 Å². The Morgan fingerprint density at radius 2 is 0.548 bits per heavy atom. The van der Waals surface area contributed by atoms with Crippen molar-refractivity contribution in [2.45, 2.75) is 27.7 Å². The zero-order valence-corrected chi connectivity index (χ0v) is 24.8. The van der Waals surface area contributed by atoms with Crippen molar-refractivity contribution in [3.05, 3.63) is 168 Å². The molecule has 6 rings (SSSR count). The van der Waals surface area contributed by atoms with Crippen LogP contribution in [0.2, 0.25) is 0 Å². The molecule has 1 radical (unpaired) electrons. The Morgan fingerprint density at radius 1 is 0.310 bits per heavy atom. The molecule has 205 valence electrons. The summed E-state index contributed by atoms with van der Waals surface area (Å²) in [6, 6.07) is 52.6. The summed E-state index contributed by atoms with van der Waals surface area (Å²) in [5.41, 5.74) is 14.3. The highest BCUT2D eigenvalue weighted by atomic mass is 15.1. The van der Waals surface area contributed by atoms with E-state index in [-0.39, 0.29) is 0 Å². The molecule has 0 amide bonds. The lowest BCUT2D eigenvalue weighted by Gasteiger charge is -2.26. The van der Waals surface area contributed by atoms with E-state index in [0.717, 1.165) is 34.1 Å². The first-order chi connectivity index (χ1) is 20.4. The summed E-state index contributed by atoms with van der Waals surface area (Å²) in [6.45, 7) is 8.50. The maximum atomic E-state index is 2.31. The summed E-state index contributed by atoms with van der Waals surface area (Å²) in [5, 5.41) is 0. The van der Waals surface area contributed by atoms with Gasteiger partial charge in [0.2, 0.25) is 0 Å². The van der Waals surface area contributed by atoms with Crippen LogP contribution in [-0.2, 0) is 0 Å².